The van der Waals surface area contributed by atoms with Crippen molar-refractivity contribution in [3.63, 3.8) is 0 Å². The first-order valence-corrected chi connectivity index (χ1v) is 13.3. The van der Waals surface area contributed by atoms with E-state index in [4.69, 9.17) is 0 Å². The van der Waals surface area contributed by atoms with E-state index >= 15 is 0 Å². The van der Waals surface area contributed by atoms with Gasteiger partial charge in [-0.05, 0) is 60.7 Å². The van der Waals surface area contributed by atoms with Crippen molar-refractivity contribution in [2.75, 3.05) is 16.8 Å². The third-order valence-corrected chi connectivity index (χ3v) is 8.20. The van der Waals surface area contributed by atoms with Crippen LogP contribution in [-0.4, -0.2) is 29.4 Å². The van der Waals surface area contributed by atoms with Crippen molar-refractivity contribution in [3.8, 4) is 0 Å². The molecule has 1 aliphatic heterocycles. The van der Waals surface area contributed by atoms with Gasteiger partial charge in [0.1, 0.15) is 5.25 Å². The lowest BCUT2D eigenvalue weighted by Gasteiger charge is -2.25. The lowest BCUT2D eigenvalue weighted by molar-refractivity contribution is -0.146. The minimum Gasteiger partial charge on any atom is -0.481 e. The van der Waals surface area contributed by atoms with Crippen LogP contribution < -0.4 is 10.2 Å². The molecule has 1 heterocycles. The van der Waals surface area contributed by atoms with E-state index in [9.17, 15) is 19.5 Å². The first kappa shape index (κ1) is 24.8. The Labute approximate surface area is 220 Å². The third kappa shape index (κ3) is 5.47. The summed E-state index contributed by atoms with van der Waals surface area (Å²) in [5, 5.41) is 11.9. The average molecular weight is 513 g/mol. The fourth-order valence-corrected chi connectivity index (χ4v) is 6.05. The summed E-state index contributed by atoms with van der Waals surface area (Å²) in [7, 11) is 0. The highest BCUT2D eigenvalue weighted by Crippen LogP contribution is 2.40. The Morgan fingerprint density at radius 2 is 1.54 bits per heavy atom. The van der Waals surface area contributed by atoms with Crippen molar-refractivity contribution in [2.45, 2.75) is 29.4 Å². The zero-order valence-corrected chi connectivity index (χ0v) is 21.1. The summed E-state index contributed by atoms with van der Waals surface area (Å²) < 4.78 is 0. The molecule has 3 aromatic rings. The number of nitrogens with zero attached hydrogens (tertiary/aromatic N) is 1. The predicted molar refractivity (Wildman–Crippen MR) is 146 cm³/mol. The first-order chi connectivity index (χ1) is 18.0. The number of fused-ring (bicyclic) bond motifs is 1. The molecule has 0 unspecified atom stereocenters. The molecule has 0 aromatic heterocycles. The SMILES string of the molecule is O=C(O)[C@@H]1CC=CC[C@H]1C(=O)Nc1ccc(S[C@H](C(=O)N2CCc3ccccc32)c2ccccc2)cc1. The van der Waals surface area contributed by atoms with E-state index in [-0.39, 0.29) is 11.8 Å². The quantitative estimate of drug-likeness (QED) is 0.313. The molecule has 3 atom stereocenters. The second kappa shape index (κ2) is 11.0. The van der Waals surface area contributed by atoms with E-state index < -0.39 is 23.1 Å². The number of nitrogens with one attached hydrogen (secondary N) is 1. The minimum absolute atomic E-state index is 0.0450. The summed E-state index contributed by atoms with van der Waals surface area (Å²) in [6.07, 6.45) is 5.31. The molecule has 2 N–H and O–H groups in total. The van der Waals surface area contributed by atoms with Gasteiger partial charge < -0.3 is 15.3 Å². The van der Waals surface area contributed by atoms with Crippen LogP contribution >= 0.6 is 11.8 Å². The number of carboxylic acids is 1. The van der Waals surface area contributed by atoms with Gasteiger partial charge in [0.05, 0.1) is 11.8 Å². The van der Waals surface area contributed by atoms with Crippen molar-refractivity contribution in [1.82, 2.24) is 0 Å². The van der Waals surface area contributed by atoms with Crippen LogP contribution in [0.25, 0.3) is 0 Å². The largest absolute Gasteiger partial charge is 0.481 e. The molecule has 0 radical (unpaired) electrons. The zero-order valence-electron chi connectivity index (χ0n) is 20.2. The van der Waals surface area contributed by atoms with Crippen molar-refractivity contribution in [1.29, 1.82) is 0 Å². The molecule has 0 bridgehead atoms. The minimum atomic E-state index is -0.950. The smallest absolute Gasteiger partial charge is 0.307 e. The van der Waals surface area contributed by atoms with Crippen LogP contribution in [0.3, 0.4) is 0 Å². The number of hydrogen-bond acceptors (Lipinski definition) is 4. The molecule has 2 aliphatic rings. The van der Waals surface area contributed by atoms with Crippen molar-refractivity contribution in [2.24, 2.45) is 11.8 Å². The lowest BCUT2D eigenvalue weighted by atomic mass is 9.82. The van der Waals surface area contributed by atoms with Gasteiger partial charge in [0.15, 0.2) is 0 Å². The summed E-state index contributed by atoms with van der Waals surface area (Å²) in [4.78, 5) is 40.9. The summed E-state index contributed by atoms with van der Waals surface area (Å²) in [6, 6.07) is 25.2. The Balaban J connectivity index is 1.32. The highest BCUT2D eigenvalue weighted by Gasteiger charge is 2.34. The van der Waals surface area contributed by atoms with Gasteiger partial charge in [0, 0.05) is 22.8 Å². The molecular weight excluding hydrogens is 484 g/mol. The summed E-state index contributed by atoms with van der Waals surface area (Å²) in [5.41, 5.74) is 3.70. The van der Waals surface area contributed by atoms with Crippen LogP contribution in [0.1, 0.15) is 29.2 Å². The van der Waals surface area contributed by atoms with Gasteiger partial charge in [-0.15, -0.1) is 11.8 Å². The number of benzene rings is 3. The number of carbonyl (C=O) groups is 3. The molecule has 0 spiro atoms. The Kier molecular flexibility index (Phi) is 7.42. The van der Waals surface area contributed by atoms with Crippen molar-refractivity contribution in [3.05, 3.63) is 102 Å². The third-order valence-electron chi connectivity index (χ3n) is 6.94. The molecule has 0 fully saturated rings. The maximum absolute atomic E-state index is 13.8. The number of anilines is 2. The van der Waals surface area contributed by atoms with Crippen LogP contribution in [-0.2, 0) is 20.8 Å². The van der Waals surface area contributed by atoms with Gasteiger partial charge in [0.25, 0.3) is 0 Å². The van der Waals surface area contributed by atoms with Crippen LogP contribution in [0.2, 0.25) is 0 Å². The Hall–Kier alpha value is -3.84. The number of aliphatic carboxylic acids is 1. The monoisotopic (exact) mass is 512 g/mol. The van der Waals surface area contributed by atoms with Gasteiger partial charge in [-0.3, -0.25) is 14.4 Å². The maximum atomic E-state index is 13.8. The molecular formula is C30H28N2O4S. The molecule has 188 valence electrons. The van der Waals surface area contributed by atoms with Gasteiger partial charge in [-0.2, -0.15) is 0 Å². The van der Waals surface area contributed by atoms with Crippen molar-refractivity contribution < 1.29 is 19.5 Å². The van der Waals surface area contributed by atoms with Gasteiger partial charge in [-0.1, -0.05) is 60.7 Å². The molecule has 37 heavy (non-hydrogen) atoms. The van der Waals surface area contributed by atoms with Crippen LogP contribution in [0.4, 0.5) is 11.4 Å². The molecule has 5 rings (SSSR count). The second-order valence-corrected chi connectivity index (χ2v) is 10.5. The van der Waals surface area contributed by atoms with Gasteiger partial charge in [-0.25, -0.2) is 0 Å². The van der Waals surface area contributed by atoms with E-state index in [1.165, 1.54) is 17.3 Å². The number of carbonyl (C=O) groups excluding carboxylic acids is 2. The lowest BCUT2D eigenvalue weighted by Crippen LogP contribution is -2.34. The van der Waals surface area contributed by atoms with E-state index in [2.05, 4.69) is 11.4 Å². The number of carboxylic acid groups (broad SMARTS) is 1. The molecule has 6 nitrogen and oxygen atoms in total. The first-order valence-electron chi connectivity index (χ1n) is 12.4. The number of amides is 2. The molecule has 7 heteroatoms. The zero-order chi connectivity index (χ0) is 25.8. The topological polar surface area (TPSA) is 86.7 Å². The van der Waals surface area contributed by atoms with E-state index in [0.717, 1.165) is 22.6 Å². The summed E-state index contributed by atoms with van der Waals surface area (Å²) in [5.74, 6) is -2.51. The number of rotatable bonds is 7. The Morgan fingerprint density at radius 3 is 2.27 bits per heavy atom. The fourth-order valence-electron chi connectivity index (χ4n) is 4.96. The number of hydrogen-bond donors (Lipinski definition) is 2. The second-order valence-electron chi connectivity index (χ2n) is 9.28. The number of thioether (sulfide) groups is 1. The Morgan fingerprint density at radius 1 is 0.865 bits per heavy atom. The molecule has 3 aromatic carbocycles. The number of allylic oxidation sites excluding steroid dienone is 2. The molecule has 0 saturated carbocycles. The van der Waals surface area contributed by atoms with E-state index in [1.54, 1.807) is 12.1 Å². The predicted octanol–water partition coefficient (Wildman–Crippen LogP) is 5.71. The van der Waals surface area contributed by atoms with Gasteiger partial charge in [0.2, 0.25) is 11.8 Å². The molecule has 0 saturated heterocycles. The van der Waals surface area contributed by atoms with E-state index in [0.29, 0.717) is 25.1 Å². The maximum Gasteiger partial charge on any atom is 0.307 e. The van der Waals surface area contributed by atoms with Gasteiger partial charge >= 0.3 is 5.97 Å². The highest BCUT2D eigenvalue weighted by molar-refractivity contribution is 8.00. The summed E-state index contributed by atoms with van der Waals surface area (Å²) >= 11 is 1.48. The van der Waals surface area contributed by atoms with Crippen LogP contribution in [0, 0.1) is 11.8 Å². The number of para-hydroxylation sites is 1. The average Bonchev–Trinajstić information content (AvgIpc) is 3.37. The summed E-state index contributed by atoms with van der Waals surface area (Å²) in [6.45, 7) is 0.667. The van der Waals surface area contributed by atoms with Crippen molar-refractivity contribution >= 4 is 40.9 Å². The standard InChI is InChI=1S/C30H28N2O4S/c33-28(24-11-5-6-12-25(24)30(35)36)31-22-14-16-23(17-15-22)37-27(21-9-2-1-3-10-21)29(34)32-19-18-20-8-4-7-13-26(20)32/h1-10,13-17,24-25,27H,11-12,18-19H2,(H,31,33)(H,35,36)/t24-,25-,27+/m1/s1. The molecule has 1 aliphatic carbocycles. The highest BCUT2D eigenvalue weighted by atomic mass is 32.2. The fraction of sp³-hybridized carbons (Fsp3) is 0.233. The van der Waals surface area contributed by atoms with Crippen LogP contribution in [0.15, 0.2) is 95.9 Å². The molecule has 2 amide bonds. The van der Waals surface area contributed by atoms with Crippen LogP contribution in [0.5, 0.6) is 0 Å². The van der Waals surface area contributed by atoms with E-state index in [1.807, 2.05) is 77.7 Å². The normalized spacial score (nSPS) is 19.2. The Bertz CT molecular complexity index is 1320.